The van der Waals surface area contributed by atoms with Gasteiger partial charge in [-0.1, -0.05) is 22.0 Å². The highest BCUT2D eigenvalue weighted by Gasteiger charge is 2.13. The maximum absolute atomic E-state index is 12.3. The maximum atomic E-state index is 12.3. The van der Waals surface area contributed by atoms with Crippen LogP contribution in [0.4, 0.5) is 0 Å². The van der Waals surface area contributed by atoms with Crippen LogP contribution in [0, 0.1) is 6.92 Å². The van der Waals surface area contributed by atoms with Crippen LogP contribution < -0.4 is 0 Å². The van der Waals surface area contributed by atoms with Crippen LogP contribution in [-0.2, 0) is 6.54 Å². The van der Waals surface area contributed by atoms with Gasteiger partial charge in [0.05, 0.1) is 6.54 Å². The van der Waals surface area contributed by atoms with Crippen LogP contribution in [0.2, 0.25) is 0 Å². The molecule has 18 heavy (non-hydrogen) atoms. The average Bonchev–Trinajstić information content (AvgIpc) is 2.79. The third kappa shape index (κ3) is 3.21. The number of halogens is 1. The first kappa shape index (κ1) is 13.3. The lowest BCUT2D eigenvalue weighted by molar-refractivity contribution is 0.0786. The van der Waals surface area contributed by atoms with Crippen LogP contribution in [0.5, 0.6) is 0 Å². The molecular weight excluding hydrogens is 310 g/mol. The Kier molecular flexibility index (Phi) is 4.19. The van der Waals surface area contributed by atoms with Gasteiger partial charge in [0.2, 0.25) is 0 Å². The molecule has 0 saturated carbocycles. The van der Waals surface area contributed by atoms with Gasteiger partial charge in [-0.2, -0.15) is 0 Å². The SMILES string of the molecule is Cc1cc(Br)cc(C(=O)N(C)Cc2cccs2)c1. The molecule has 0 unspecified atom stereocenters. The number of hydrogen-bond donors (Lipinski definition) is 0. The molecule has 2 rings (SSSR count). The number of carbonyl (C=O) groups is 1. The second-order valence-corrected chi connectivity index (χ2v) is 6.21. The number of amides is 1. The first-order chi connectivity index (χ1) is 8.56. The minimum absolute atomic E-state index is 0.0489. The number of benzene rings is 1. The van der Waals surface area contributed by atoms with Crippen LogP contribution in [0.3, 0.4) is 0 Å². The summed E-state index contributed by atoms with van der Waals surface area (Å²) in [7, 11) is 1.83. The molecule has 1 heterocycles. The van der Waals surface area contributed by atoms with Gasteiger partial charge in [-0.3, -0.25) is 4.79 Å². The van der Waals surface area contributed by atoms with E-state index < -0.39 is 0 Å². The summed E-state index contributed by atoms with van der Waals surface area (Å²) in [5, 5.41) is 2.02. The lowest BCUT2D eigenvalue weighted by atomic mass is 10.1. The van der Waals surface area contributed by atoms with Crippen molar-refractivity contribution in [3.8, 4) is 0 Å². The summed E-state index contributed by atoms with van der Waals surface area (Å²) in [6.07, 6.45) is 0. The lowest BCUT2D eigenvalue weighted by Gasteiger charge is -2.16. The zero-order chi connectivity index (χ0) is 13.1. The van der Waals surface area contributed by atoms with Gasteiger partial charge in [0.25, 0.3) is 5.91 Å². The smallest absolute Gasteiger partial charge is 0.253 e. The van der Waals surface area contributed by atoms with E-state index in [-0.39, 0.29) is 5.91 Å². The molecule has 2 nitrogen and oxygen atoms in total. The van der Waals surface area contributed by atoms with E-state index in [1.807, 2.05) is 49.7 Å². The molecule has 0 radical (unpaired) electrons. The van der Waals surface area contributed by atoms with Crippen molar-refractivity contribution < 1.29 is 4.79 Å². The van der Waals surface area contributed by atoms with Crippen LogP contribution in [0.15, 0.2) is 40.2 Å². The van der Waals surface area contributed by atoms with Gasteiger partial charge in [-0.25, -0.2) is 0 Å². The average molecular weight is 324 g/mol. The molecule has 0 atom stereocenters. The van der Waals surface area contributed by atoms with Crippen LogP contribution >= 0.6 is 27.3 Å². The van der Waals surface area contributed by atoms with E-state index in [1.165, 1.54) is 4.88 Å². The fourth-order valence-electron chi connectivity index (χ4n) is 1.79. The van der Waals surface area contributed by atoms with Gasteiger partial charge in [0.1, 0.15) is 0 Å². The Morgan fingerprint density at radius 1 is 1.39 bits per heavy atom. The molecule has 1 amide bonds. The number of nitrogens with zero attached hydrogens (tertiary/aromatic N) is 1. The highest BCUT2D eigenvalue weighted by Crippen LogP contribution is 2.18. The largest absolute Gasteiger partial charge is 0.337 e. The summed E-state index contributed by atoms with van der Waals surface area (Å²) < 4.78 is 0.940. The number of carbonyl (C=O) groups excluding carboxylic acids is 1. The fraction of sp³-hybridized carbons (Fsp3) is 0.214. The summed E-state index contributed by atoms with van der Waals surface area (Å²) in [6.45, 7) is 2.64. The molecule has 0 spiro atoms. The maximum Gasteiger partial charge on any atom is 0.253 e. The van der Waals surface area contributed by atoms with Crippen molar-refractivity contribution in [2.24, 2.45) is 0 Å². The van der Waals surface area contributed by atoms with E-state index in [2.05, 4.69) is 15.9 Å². The van der Waals surface area contributed by atoms with E-state index in [9.17, 15) is 4.79 Å². The van der Waals surface area contributed by atoms with Crippen LogP contribution in [0.25, 0.3) is 0 Å². The number of aryl methyl sites for hydroxylation is 1. The summed E-state index contributed by atoms with van der Waals surface area (Å²) >= 11 is 5.09. The molecule has 0 bridgehead atoms. The second kappa shape index (κ2) is 5.67. The molecule has 0 aliphatic heterocycles. The number of hydrogen-bond acceptors (Lipinski definition) is 2. The molecule has 0 saturated heterocycles. The van der Waals surface area contributed by atoms with E-state index >= 15 is 0 Å². The summed E-state index contributed by atoms with van der Waals surface area (Å²) in [6, 6.07) is 9.82. The number of thiophene rings is 1. The Balaban J connectivity index is 2.15. The predicted molar refractivity (Wildman–Crippen MR) is 79.0 cm³/mol. The lowest BCUT2D eigenvalue weighted by Crippen LogP contribution is -2.25. The standard InChI is InChI=1S/C14H14BrNOS/c1-10-6-11(8-12(15)7-10)14(17)16(2)9-13-4-3-5-18-13/h3-8H,9H2,1-2H3. The Hall–Kier alpha value is -1.13. The Bertz CT molecular complexity index is 531. The molecule has 1 aromatic carbocycles. The molecule has 94 valence electrons. The van der Waals surface area contributed by atoms with Gasteiger partial charge in [-0.15, -0.1) is 11.3 Å². The minimum Gasteiger partial charge on any atom is -0.337 e. The second-order valence-electron chi connectivity index (χ2n) is 4.26. The van der Waals surface area contributed by atoms with Gasteiger partial charge < -0.3 is 4.90 Å². The molecule has 0 N–H and O–H groups in total. The first-order valence-electron chi connectivity index (χ1n) is 5.61. The number of rotatable bonds is 3. The summed E-state index contributed by atoms with van der Waals surface area (Å²) in [4.78, 5) is 15.2. The van der Waals surface area contributed by atoms with E-state index in [0.717, 1.165) is 15.6 Å². The van der Waals surface area contributed by atoms with Crippen molar-refractivity contribution in [3.05, 3.63) is 56.2 Å². The van der Waals surface area contributed by atoms with Crippen molar-refractivity contribution >= 4 is 33.2 Å². The zero-order valence-electron chi connectivity index (χ0n) is 10.3. The third-order valence-electron chi connectivity index (χ3n) is 2.61. The zero-order valence-corrected chi connectivity index (χ0v) is 12.7. The topological polar surface area (TPSA) is 20.3 Å². The minimum atomic E-state index is 0.0489. The first-order valence-corrected chi connectivity index (χ1v) is 7.28. The van der Waals surface area contributed by atoms with Crippen molar-refractivity contribution in [1.29, 1.82) is 0 Å². The Labute approximate surface area is 119 Å². The molecular formula is C14H14BrNOS. The highest BCUT2D eigenvalue weighted by atomic mass is 79.9. The Morgan fingerprint density at radius 2 is 2.17 bits per heavy atom. The molecule has 0 aliphatic rings. The fourth-order valence-corrected chi connectivity index (χ4v) is 3.15. The molecule has 0 fully saturated rings. The van der Waals surface area contributed by atoms with Crippen molar-refractivity contribution in [2.75, 3.05) is 7.05 Å². The quantitative estimate of drug-likeness (QED) is 0.833. The Morgan fingerprint density at radius 3 is 2.78 bits per heavy atom. The van der Waals surface area contributed by atoms with Crippen LogP contribution in [-0.4, -0.2) is 17.9 Å². The summed E-state index contributed by atoms with van der Waals surface area (Å²) in [5.41, 5.74) is 1.80. The highest BCUT2D eigenvalue weighted by molar-refractivity contribution is 9.10. The van der Waals surface area contributed by atoms with E-state index in [0.29, 0.717) is 6.54 Å². The molecule has 2 aromatic rings. The normalized spacial score (nSPS) is 10.4. The van der Waals surface area contributed by atoms with Crippen molar-refractivity contribution in [1.82, 2.24) is 4.90 Å². The van der Waals surface area contributed by atoms with Crippen molar-refractivity contribution in [3.63, 3.8) is 0 Å². The van der Waals surface area contributed by atoms with Crippen LogP contribution in [0.1, 0.15) is 20.8 Å². The van der Waals surface area contributed by atoms with Gasteiger partial charge >= 0.3 is 0 Å². The third-order valence-corrected chi connectivity index (χ3v) is 3.93. The molecule has 1 aromatic heterocycles. The van der Waals surface area contributed by atoms with Gasteiger partial charge in [0.15, 0.2) is 0 Å². The van der Waals surface area contributed by atoms with Gasteiger partial charge in [0, 0.05) is 22.0 Å². The predicted octanol–water partition coefficient (Wildman–Crippen LogP) is 4.09. The summed E-state index contributed by atoms with van der Waals surface area (Å²) in [5.74, 6) is 0.0489. The van der Waals surface area contributed by atoms with Gasteiger partial charge in [-0.05, 0) is 42.1 Å². The van der Waals surface area contributed by atoms with E-state index in [4.69, 9.17) is 0 Å². The molecule has 0 aliphatic carbocycles. The molecule has 4 heteroatoms. The van der Waals surface area contributed by atoms with E-state index in [1.54, 1.807) is 16.2 Å². The van der Waals surface area contributed by atoms with Crippen molar-refractivity contribution in [2.45, 2.75) is 13.5 Å². The monoisotopic (exact) mass is 323 g/mol.